The molecule has 0 aliphatic rings. The van der Waals surface area contributed by atoms with Gasteiger partial charge in [0.05, 0.1) is 13.5 Å². The number of halogens is 2. The van der Waals surface area contributed by atoms with Gasteiger partial charge in [-0.25, -0.2) is 8.78 Å². The molecule has 0 amide bonds. The Morgan fingerprint density at radius 1 is 1.56 bits per heavy atom. The zero-order valence-corrected chi connectivity index (χ0v) is 8.54. The number of carbonyl (C=O) groups is 1. The summed E-state index contributed by atoms with van der Waals surface area (Å²) in [7, 11) is 1.16. The van der Waals surface area contributed by atoms with Crippen molar-refractivity contribution >= 4 is 5.97 Å². The lowest BCUT2D eigenvalue weighted by Gasteiger charge is -2.13. The number of phenols is 1. The van der Waals surface area contributed by atoms with Crippen molar-refractivity contribution in [2.24, 2.45) is 5.73 Å². The molecule has 4 nitrogen and oxygen atoms in total. The second-order valence-corrected chi connectivity index (χ2v) is 3.21. The Bertz CT molecular complexity index is 386. The second kappa shape index (κ2) is 4.89. The molecule has 6 heteroatoms. The maximum atomic E-state index is 13.3. The minimum absolute atomic E-state index is 0.299. The van der Waals surface area contributed by atoms with E-state index in [1.165, 1.54) is 0 Å². The van der Waals surface area contributed by atoms with E-state index in [-0.39, 0.29) is 12.0 Å². The molecule has 0 aliphatic carbocycles. The average Bonchev–Trinajstić information content (AvgIpc) is 2.15. The van der Waals surface area contributed by atoms with Crippen molar-refractivity contribution in [1.29, 1.82) is 0 Å². The van der Waals surface area contributed by atoms with E-state index in [0.29, 0.717) is 6.07 Å². The van der Waals surface area contributed by atoms with Gasteiger partial charge in [0.2, 0.25) is 0 Å². The third-order valence-corrected chi connectivity index (χ3v) is 2.06. The highest BCUT2D eigenvalue weighted by molar-refractivity contribution is 5.70. The van der Waals surface area contributed by atoms with E-state index in [1.54, 1.807) is 0 Å². The van der Waals surface area contributed by atoms with Crippen LogP contribution in [0.25, 0.3) is 0 Å². The predicted molar refractivity (Wildman–Crippen MR) is 51.6 cm³/mol. The number of aromatic hydroxyl groups is 1. The molecule has 0 spiro atoms. The molecule has 0 fully saturated rings. The zero-order valence-electron chi connectivity index (χ0n) is 8.54. The molecule has 1 aromatic carbocycles. The number of phenolic OH excluding ortho intramolecular Hbond substituents is 1. The average molecular weight is 231 g/mol. The fourth-order valence-electron chi connectivity index (χ4n) is 1.30. The highest BCUT2D eigenvalue weighted by Gasteiger charge is 2.20. The van der Waals surface area contributed by atoms with Gasteiger partial charge in [-0.2, -0.15) is 0 Å². The summed E-state index contributed by atoms with van der Waals surface area (Å²) in [6, 6.07) is 0.245. The number of hydrogen-bond donors (Lipinski definition) is 2. The first-order valence-electron chi connectivity index (χ1n) is 4.46. The predicted octanol–water partition coefficient (Wildman–Crippen LogP) is 1.23. The van der Waals surface area contributed by atoms with Crippen LogP contribution in [0, 0.1) is 11.6 Å². The Hall–Kier alpha value is -1.69. The number of methoxy groups -OCH3 is 1. The molecule has 0 radical (unpaired) electrons. The molecule has 0 aromatic heterocycles. The van der Waals surface area contributed by atoms with E-state index in [9.17, 15) is 18.7 Å². The third-order valence-electron chi connectivity index (χ3n) is 2.06. The summed E-state index contributed by atoms with van der Waals surface area (Å²) in [5.41, 5.74) is 5.20. The number of nitrogens with two attached hydrogens (primary N) is 1. The van der Waals surface area contributed by atoms with Gasteiger partial charge in [0, 0.05) is 23.7 Å². The van der Waals surface area contributed by atoms with E-state index >= 15 is 0 Å². The Kier molecular flexibility index (Phi) is 3.78. The topological polar surface area (TPSA) is 72.5 Å². The number of esters is 1. The lowest BCUT2D eigenvalue weighted by Crippen LogP contribution is -2.18. The molecule has 1 aromatic rings. The van der Waals surface area contributed by atoms with Crippen LogP contribution in [0.15, 0.2) is 12.1 Å². The molecule has 0 unspecified atom stereocenters. The monoisotopic (exact) mass is 231 g/mol. The molecule has 3 N–H and O–H groups in total. The van der Waals surface area contributed by atoms with Gasteiger partial charge in [-0.05, 0) is 0 Å². The maximum absolute atomic E-state index is 13.3. The molecular weight excluding hydrogens is 220 g/mol. The highest BCUT2D eigenvalue weighted by atomic mass is 19.1. The van der Waals surface area contributed by atoms with Crippen LogP contribution in [0.3, 0.4) is 0 Å². The number of ether oxygens (including phenoxy) is 1. The maximum Gasteiger partial charge on any atom is 0.307 e. The Balaban J connectivity index is 2.99. The van der Waals surface area contributed by atoms with Gasteiger partial charge in [-0.3, -0.25) is 4.79 Å². The van der Waals surface area contributed by atoms with Crippen LogP contribution in [-0.4, -0.2) is 18.2 Å². The molecular formula is C10H11F2NO3. The summed E-state index contributed by atoms with van der Waals surface area (Å²) >= 11 is 0. The van der Waals surface area contributed by atoms with Crippen molar-refractivity contribution in [3.05, 3.63) is 29.3 Å². The Morgan fingerprint density at radius 2 is 2.19 bits per heavy atom. The highest BCUT2D eigenvalue weighted by Crippen LogP contribution is 2.28. The molecule has 0 aliphatic heterocycles. The van der Waals surface area contributed by atoms with Crippen LogP contribution in [0.5, 0.6) is 5.75 Å². The summed E-state index contributed by atoms with van der Waals surface area (Å²) in [6.45, 7) is 0. The molecule has 0 heterocycles. The third kappa shape index (κ3) is 2.66. The summed E-state index contributed by atoms with van der Waals surface area (Å²) in [5.74, 6) is -3.16. The number of carbonyl (C=O) groups excluding carboxylic acids is 1. The van der Waals surface area contributed by atoms with E-state index in [1.807, 2.05) is 0 Å². The van der Waals surface area contributed by atoms with Crippen molar-refractivity contribution in [3.63, 3.8) is 0 Å². The number of rotatable bonds is 3. The first kappa shape index (κ1) is 12.4. The molecule has 0 saturated carbocycles. The van der Waals surface area contributed by atoms with Crippen molar-refractivity contribution in [3.8, 4) is 5.75 Å². The van der Waals surface area contributed by atoms with E-state index < -0.39 is 29.4 Å². The first-order chi connectivity index (χ1) is 7.45. The van der Waals surface area contributed by atoms with Crippen molar-refractivity contribution in [1.82, 2.24) is 0 Å². The fourth-order valence-corrected chi connectivity index (χ4v) is 1.30. The summed E-state index contributed by atoms with van der Waals surface area (Å²) in [6.07, 6.45) is -0.299. The molecule has 0 saturated heterocycles. The summed E-state index contributed by atoms with van der Waals surface area (Å²) in [4.78, 5) is 10.9. The van der Waals surface area contributed by atoms with Crippen LogP contribution in [-0.2, 0) is 9.53 Å². The largest absolute Gasteiger partial charge is 0.507 e. The van der Waals surface area contributed by atoms with Crippen molar-refractivity contribution < 1.29 is 23.4 Å². The SMILES string of the molecule is COC(=O)C[C@@H](N)c1c(O)cc(F)cc1F. The van der Waals surface area contributed by atoms with E-state index in [0.717, 1.165) is 13.2 Å². The van der Waals surface area contributed by atoms with Gasteiger partial charge in [-0.15, -0.1) is 0 Å². The van der Waals surface area contributed by atoms with Crippen LogP contribution < -0.4 is 5.73 Å². The second-order valence-electron chi connectivity index (χ2n) is 3.21. The van der Waals surface area contributed by atoms with Crippen LogP contribution in [0.4, 0.5) is 8.78 Å². The van der Waals surface area contributed by atoms with Gasteiger partial charge in [-0.1, -0.05) is 0 Å². The first-order valence-corrected chi connectivity index (χ1v) is 4.46. The zero-order chi connectivity index (χ0) is 12.3. The normalized spacial score (nSPS) is 12.2. The summed E-state index contributed by atoms with van der Waals surface area (Å²) < 4.78 is 30.3. The number of benzene rings is 1. The smallest absolute Gasteiger partial charge is 0.307 e. The molecule has 0 bridgehead atoms. The Morgan fingerprint density at radius 3 is 2.69 bits per heavy atom. The minimum atomic E-state index is -1.08. The van der Waals surface area contributed by atoms with E-state index in [4.69, 9.17) is 5.73 Å². The molecule has 16 heavy (non-hydrogen) atoms. The minimum Gasteiger partial charge on any atom is -0.507 e. The molecule has 1 rings (SSSR count). The van der Waals surface area contributed by atoms with Gasteiger partial charge in [0.25, 0.3) is 0 Å². The fraction of sp³-hybridized carbons (Fsp3) is 0.300. The molecule has 88 valence electrons. The Labute approximate surface area is 90.6 Å². The molecule has 1 atom stereocenters. The number of hydrogen-bond acceptors (Lipinski definition) is 4. The van der Waals surface area contributed by atoms with Crippen LogP contribution >= 0.6 is 0 Å². The quantitative estimate of drug-likeness (QED) is 0.767. The van der Waals surface area contributed by atoms with Gasteiger partial charge < -0.3 is 15.6 Å². The van der Waals surface area contributed by atoms with Crippen molar-refractivity contribution in [2.75, 3.05) is 7.11 Å². The lowest BCUT2D eigenvalue weighted by atomic mass is 10.0. The van der Waals surface area contributed by atoms with Gasteiger partial charge in [0.1, 0.15) is 17.4 Å². The lowest BCUT2D eigenvalue weighted by molar-refractivity contribution is -0.141. The van der Waals surface area contributed by atoms with E-state index in [2.05, 4.69) is 4.74 Å². The van der Waals surface area contributed by atoms with Crippen LogP contribution in [0.2, 0.25) is 0 Å². The van der Waals surface area contributed by atoms with Crippen LogP contribution in [0.1, 0.15) is 18.0 Å². The summed E-state index contributed by atoms with van der Waals surface area (Å²) in [5, 5.41) is 9.32. The standard InChI is InChI=1S/C10H11F2NO3/c1-16-9(15)4-7(13)10-6(12)2-5(11)3-8(10)14/h2-3,7,14H,4,13H2,1H3/t7-/m1/s1. The van der Waals surface area contributed by atoms with Gasteiger partial charge in [0.15, 0.2) is 0 Å². The van der Waals surface area contributed by atoms with Crippen molar-refractivity contribution in [2.45, 2.75) is 12.5 Å². The van der Waals surface area contributed by atoms with Gasteiger partial charge >= 0.3 is 5.97 Å².